The first-order valence-electron chi connectivity index (χ1n) is 8.59. The van der Waals surface area contributed by atoms with Gasteiger partial charge in [-0.3, -0.25) is 4.72 Å². The number of aromatic nitrogens is 2. The number of hydrogen-bond acceptors (Lipinski definition) is 5. The molecule has 0 atom stereocenters. The first-order valence-corrected chi connectivity index (χ1v) is 10.1. The summed E-state index contributed by atoms with van der Waals surface area (Å²) >= 11 is 0. The van der Waals surface area contributed by atoms with Crippen molar-refractivity contribution < 1.29 is 13.2 Å². The summed E-state index contributed by atoms with van der Waals surface area (Å²) in [6.07, 6.45) is 0. The largest absolute Gasteiger partial charge is 0.476 e. The average molecular weight is 383 g/mol. The van der Waals surface area contributed by atoms with Crippen LogP contribution in [0, 0.1) is 5.92 Å². The lowest BCUT2D eigenvalue weighted by Gasteiger charge is -2.09. The van der Waals surface area contributed by atoms with Crippen LogP contribution < -0.4 is 9.46 Å². The van der Waals surface area contributed by atoms with Crippen molar-refractivity contribution >= 4 is 15.7 Å². The number of anilines is 1. The third-order valence-electron chi connectivity index (χ3n) is 3.69. The summed E-state index contributed by atoms with van der Waals surface area (Å²) in [4.78, 5) is 0.219. The van der Waals surface area contributed by atoms with Crippen LogP contribution in [0.25, 0.3) is 11.3 Å². The van der Waals surface area contributed by atoms with Gasteiger partial charge in [0.15, 0.2) is 0 Å². The van der Waals surface area contributed by atoms with Crippen molar-refractivity contribution in [3.8, 4) is 17.1 Å². The summed E-state index contributed by atoms with van der Waals surface area (Å²) in [6.45, 7) is 4.72. The van der Waals surface area contributed by atoms with E-state index in [9.17, 15) is 8.42 Å². The Morgan fingerprint density at radius 2 is 1.63 bits per heavy atom. The highest BCUT2D eigenvalue weighted by Gasteiger charge is 2.13. The van der Waals surface area contributed by atoms with E-state index in [0.717, 1.165) is 5.56 Å². The molecule has 0 spiro atoms. The SMILES string of the molecule is CC(C)COc1ccc(-c2ccc(NS(=O)(=O)c3ccccc3)cc2)nn1. The molecule has 6 nitrogen and oxygen atoms in total. The van der Waals surface area contributed by atoms with E-state index < -0.39 is 10.0 Å². The van der Waals surface area contributed by atoms with Crippen LogP contribution in [0.1, 0.15) is 13.8 Å². The van der Waals surface area contributed by atoms with Gasteiger partial charge in [-0.25, -0.2) is 8.42 Å². The van der Waals surface area contributed by atoms with E-state index >= 15 is 0 Å². The van der Waals surface area contributed by atoms with Gasteiger partial charge in [0.1, 0.15) is 0 Å². The van der Waals surface area contributed by atoms with Crippen LogP contribution in [0.2, 0.25) is 0 Å². The Labute approximate surface area is 159 Å². The summed E-state index contributed by atoms with van der Waals surface area (Å²) in [5.41, 5.74) is 2.00. The standard InChI is InChI=1S/C20H21N3O3S/c1-15(2)14-26-20-13-12-19(21-22-20)16-8-10-17(11-9-16)23-27(24,25)18-6-4-3-5-7-18/h3-13,15,23H,14H2,1-2H3. The number of nitrogens with one attached hydrogen (secondary N) is 1. The van der Waals surface area contributed by atoms with Gasteiger partial charge in [0, 0.05) is 17.3 Å². The molecule has 0 radical (unpaired) electrons. The predicted molar refractivity (Wildman–Crippen MR) is 105 cm³/mol. The van der Waals surface area contributed by atoms with Crippen LogP contribution in [-0.2, 0) is 10.0 Å². The van der Waals surface area contributed by atoms with Crippen LogP contribution >= 0.6 is 0 Å². The minimum absolute atomic E-state index is 0.219. The van der Waals surface area contributed by atoms with Crippen LogP contribution in [0.15, 0.2) is 71.6 Å². The maximum atomic E-state index is 12.4. The maximum Gasteiger partial charge on any atom is 0.261 e. The van der Waals surface area contributed by atoms with Gasteiger partial charge in [-0.15, -0.1) is 10.2 Å². The topological polar surface area (TPSA) is 81.2 Å². The fourth-order valence-corrected chi connectivity index (χ4v) is 3.41. The van der Waals surface area contributed by atoms with Gasteiger partial charge in [-0.1, -0.05) is 44.2 Å². The van der Waals surface area contributed by atoms with Crippen LogP contribution in [0.4, 0.5) is 5.69 Å². The summed E-state index contributed by atoms with van der Waals surface area (Å²) in [7, 11) is -3.60. The lowest BCUT2D eigenvalue weighted by atomic mass is 10.1. The van der Waals surface area contributed by atoms with Crippen LogP contribution in [0.3, 0.4) is 0 Å². The van der Waals surface area contributed by atoms with Crippen molar-refractivity contribution in [2.45, 2.75) is 18.7 Å². The highest BCUT2D eigenvalue weighted by Crippen LogP contribution is 2.22. The Hall–Kier alpha value is -2.93. The normalized spacial score (nSPS) is 11.4. The zero-order chi connectivity index (χ0) is 19.3. The average Bonchev–Trinajstić information content (AvgIpc) is 2.68. The van der Waals surface area contributed by atoms with E-state index in [1.54, 1.807) is 60.7 Å². The summed E-state index contributed by atoms with van der Waals surface area (Å²) in [5, 5.41) is 8.23. The monoisotopic (exact) mass is 383 g/mol. The second kappa shape index (κ2) is 8.18. The Bertz CT molecular complexity index is 971. The molecule has 0 saturated heterocycles. The molecule has 3 aromatic rings. The fourth-order valence-electron chi connectivity index (χ4n) is 2.33. The lowest BCUT2D eigenvalue weighted by molar-refractivity contribution is 0.258. The summed E-state index contributed by atoms with van der Waals surface area (Å²) in [6, 6.07) is 18.8. The second-order valence-electron chi connectivity index (χ2n) is 6.46. The molecule has 27 heavy (non-hydrogen) atoms. The smallest absolute Gasteiger partial charge is 0.261 e. The molecule has 3 rings (SSSR count). The van der Waals surface area contributed by atoms with E-state index in [0.29, 0.717) is 29.8 Å². The Morgan fingerprint density at radius 3 is 2.22 bits per heavy atom. The molecule has 0 unspecified atom stereocenters. The van der Waals surface area contributed by atoms with E-state index in [2.05, 4.69) is 28.8 Å². The Balaban J connectivity index is 1.70. The van der Waals surface area contributed by atoms with E-state index in [1.165, 1.54) is 0 Å². The molecule has 0 saturated carbocycles. The van der Waals surface area contributed by atoms with Crippen molar-refractivity contribution in [1.82, 2.24) is 10.2 Å². The number of ether oxygens (including phenoxy) is 1. The molecule has 7 heteroatoms. The first-order chi connectivity index (χ1) is 12.9. The van der Waals surface area contributed by atoms with Crippen molar-refractivity contribution in [2.75, 3.05) is 11.3 Å². The molecule has 1 N–H and O–H groups in total. The number of benzene rings is 2. The maximum absolute atomic E-state index is 12.4. The number of rotatable bonds is 7. The fraction of sp³-hybridized carbons (Fsp3) is 0.200. The van der Waals surface area contributed by atoms with E-state index in [4.69, 9.17) is 4.74 Å². The molecule has 140 valence electrons. The van der Waals surface area contributed by atoms with Crippen LogP contribution in [-0.4, -0.2) is 25.2 Å². The first kappa shape index (κ1) is 18.8. The molecule has 1 aromatic heterocycles. The van der Waals surface area contributed by atoms with Gasteiger partial charge in [-0.2, -0.15) is 0 Å². The van der Waals surface area contributed by atoms with Gasteiger partial charge in [0.2, 0.25) is 5.88 Å². The summed E-state index contributed by atoms with van der Waals surface area (Å²) in [5.74, 6) is 0.901. The molecular formula is C20H21N3O3S. The predicted octanol–water partition coefficient (Wildman–Crippen LogP) is 3.98. The van der Waals surface area contributed by atoms with Crippen molar-refractivity contribution in [1.29, 1.82) is 0 Å². The highest BCUT2D eigenvalue weighted by molar-refractivity contribution is 7.92. The number of sulfonamides is 1. The molecule has 0 aliphatic heterocycles. The van der Waals surface area contributed by atoms with Gasteiger partial charge in [0.25, 0.3) is 10.0 Å². The molecule has 0 amide bonds. The molecule has 0 aliphatic carbocycles. The number of hydrogen-bond donors (Lipinski definition) is 1. The highest BCUT2D eigenvalue weighted by atomic mass is 32.2. The Morgan fingerprint density at radius 1 is 0.926 bits per heavy atom. The summed E-state index contributed by atoms with van der Waals surface area (Å²) < 4.78 is 32.8. The third-order valence-corrected chi connectivity index (χ3v) is 5.09. The third kappa shape index (κ3) is 5.04. The van der Waals surface area contributed by atoms with Gasteiger partial charge >= 0.3 is 0 Å². The van der Waals surface area contributed by atoms with Crippen molar-refractivity contribution in [3.63, 3.8) is 0 Å². The van der Waals surface area contributed by atoms with E-state index in [-0.39, 0.29) is 4.90 Å². The zero-order valence-corrected chi connectivity index (χ0v) is 16.0. The zero-order valence-electron chi connectivity index (χ0n) is 15.2. The molecular weight excluding hydrogens is 362 g/mol. The second-order valence-corrected chi connectivity index (χ2v) is 8.14. The lowest BCUT2D eigenvalue weighted by Crippen LogP contribution is -2.12. The minimum atomic E-state index is -3.60. The van der Waals surface area contributed by atoms with Gasteiger partial charge in [-0.05, 0) is 36.2 Å². The van der Waals surface area contributed by atoms with Gasteiger partial charge < -0.3 is 4.74 Å². The molecule has 0 bridgehead atoms. The molecule has 0 fully saturated rings. The Kier molecular flexibility index (Phi) is 5.71. The minimum Gasteiger partial charge on any atom is -0.476 e. The van der Waals surface area contributed by atoms with Crippen LogP contribution in [0.5, 0.6) is 5.88 Å². The van der Waals surface area contributed by atoms with Gasteiger partial charge in [0.05, 0.1) is 17.2 Å². The van der Waals surface area contributed by atoms with Crippen molar-refractivity contribution in [3.05, 3.63) is 66.7 Å². The van der Waals surface area contributed by atoms with E-state index in [1.807, 2.05) is 6.07 Å². The molecule has 0 aliphatic rings. The molecule has 2 aromatic carbocycles. The number of nitrogens with zero attached hydrogens (tertiary/aromatic N) is 2. The van der Waals surface area contributed by atoms with Crippen molar-refractivity contribution in [2.24, 2.45) is 5.92 Å². The molecule has 1 heterocycles. The quantitative estimate of drug-likeness (QED) is 0.667.